The summed E-state index contributed by atoms with van der Waals surface area (Å²) in [7, 11) is 4.21. The highest BCUT2D eigenvalue weighted by atomic mass is 35.5. The largest absolute Gasteiger partial charge is 0.493 e. The van der Waals surface area contributed by atoms with Crippen LogP contribution in [0.2, 0.25) is 0 Å². The van der Waals surface area contributed by atoms with Crippen molar-refractivity contribution in [3.05, 3.63) is 45.5 Å². The first-order chi connectivity index (χ1) is 14.3. The molecule has 10 nitrogen and oxygen atoms in total. The number of rotatable bonds is 5. The van der Waals surface area contributed by atoms with Crippen LogP contribution >= 0.6 is 11.6 Å². The molecule has 2 aromatic carbocycles. The number of carbonyl (C=O) groups excluding carboxylic acids is 1. The average molecular weight is 438 g/mol. The molecule has 0 radical (unpaired) electrons. The van der Waals surface area contributed by atoms with Crippen molar-refractivity contribution >= 4 is 17.4 Å². The first-order valence-corrected chi connectivity index (χ1v) is 9.01. The Morgan fingerprint density at radius 1 is 1.03 bits per heavy atom. The van der Waals surface area contributed by atoms with Crippen LogP contribution in [0.25, 0.3) is 0 Å². The Kier molecular flexibility index (Phi) is 4.73. The molecule has 2 heterocycles. The van der Waals surface area contributed by atoms with Crippen molar-refractivity contribution in [1.82, 2.24) is 0 Å². The van der Waals surface area contributed by atoms with E-state index in [4.69, 9.17) is 40.0 Å². The molecule has 2 aliphatic heterocycles. The summed E-state index contributed by atoms with van der Waals surface area (Å²) in [5.41, 5.74) is 0.113. The first kappa shape index (κ1) is 19.9. The number of nitrogens with zero attached hydrogens (tertiary/aromatic N) is 1. The van der Waals surface area contributed by atoms with Gasteiger partial charge in [0.15, 0.2) is 23.0 Å². The molecule has 0 fully saturated rings. The molecular weight excluding hydrogens is 422 g/mol. The number of hydrogen-bond acceptors (Lipinski definition) is 9. The van der Waals surface area contributed by atoms with E-state index in [2.05, 4.69) is 0 Å². The molecule has 0 saturated carbocycles. The van der Waals surface area contributed by atoms with Crippen LogP contribution in [-0.2, 0) is 0 Å². The van der Waals surface area contributed by atoms with Crippen molar-refractivity contribution < 1.29 is 38.1 Å². The van der Waals surface area contributed by atoms with E-state index in [-0.39, 0.29) is 46.7 Å². The fourth-order valence-corrected chi connectivity index (χ4v) is 3.70. The Morgan fingerprint density at radius 2 is 1.63 bits per heavy atom. The molecule has 2 aromatic rings. The maximum atomic E-state index is 13.2. The minimum atomic E-state index is -2.63. The molecule has 4 rings (SSSR count). The summed E-state index contributed by atoms with van der Waals surface area (Å²) in [6, 6.07) is 5.65. The molecule has 0 aromatic heterocycles. The Hall–Kier alpha value is -3.40. The van der Waals surface area contributed by atoms with Gasteiger partial charge in [-0.25, -0.2) is 0 Å². The number of ketones is 1. The third kappa shape index (κ3) is 2.75. The fraction of sp³-hybridized carbons (Fsp3) is 0.316. The zero-order valence-electron chi connectivity index (χ0n) is 16.1. The highest BCUT2D eigenvalue weighted by molar-refractivity contribution is 6.37. The average Bonchev–Trinajstić information content (AvgIpc) is 3.21. The highest BCUT2D eigenvalue weighted by Crippen LogP contribution is 2.51. The Labute approximate surface area is 175 Å². The van der Waals surface area contributed by atoms with E-state index in [0.29, 0.717) is 5.75 Å². The molecule has 158 valence electrons. The second-order valence-electron chi connectivity index (χ2n) is 6.42. The lowest BCUT2D eigenvalue weighted by Gasteiger charge is -2.33. The predicted octanol–water partition coefficient (Wildman–Crippen LogP) is 2.97. The van der Waals surface area contributed by atoms with Gasteiger partial charge in [0, 0.05) is 11.6 Å². The molecule has 0 unspecified atom stereocenters. The number of nitro groups is 1. The zero-order valence-corrected chi connectivity index (χ0v) is 16.8. The molecule has 0 bridgehead atoms. The molecular formula is C19H16ClNO9. The van der Waals surface area contributed by atoms with E-state index < -0.39 is 21.8 Å². The summed E-state index contributed by atoms with van der Waals surface area (Å²) in [6.45, 7) is -0.0377. The number of alkyl halides is 1. The molecule has 0 amide bonds. The molecule has 2 aliphatic rings. The third-order valence-corrected chi connectivity index (χ3v) is 5.39. The SMILES string of the molecule is COc1cc([C@H]2Oc3cc4c(cc3C(=O)[C@]2(Cl)[N+](=O)[O-])OCO4)cc(OC)c1OC. The van der Waals surface area contributed by atoms with Crippen molar-refractivity contribution in [3.8, 4) is 34.5 Å². The van der Waals surface area contributed by atoms with Crippen molar-refractivity contribution in [1.29, 1.82) is 0 Å². The number of halogens is 1. The minimum Gasteiger partial charge on any atom is -0.493 e. The topological polar surface area (TPSA) is 116 Å². The number of Topliss-reactive ketones (excluding diaryl/α,β-unsaturated/α-hetero) is 1. The molecule has 11 heteroatoms. The summed E-state index contributed by atoms with van der Waals surface area (Å²) in [4.78, 5) is 21.6. The molecule has 0 aliphatic carbocycles. The third-order valence-electron chi connectivity index (χ3n) is 4.89. The van der Waals surface area contributed by atoms with Crippen molar-refractivity contribution in [3.63, 3.8) is 0 Å². The van der Waals surface area contributed by atoms with Gasteiger partial charge < -0.3 is 28.4 Å². The van der Waals surface area contributed by atoms with E-state index >= 15 is 0 Å². The monoisotopic (exact) mass is 437 g/mol. The van der Waals surface area contributed by atoms with Gasteiger partial charge in [0.1, 0.15) is 5.75 Å². The van der Waals surface area contributed by atoms with Crippen LogP contribution in [0.3, 0.4) is 0 Å². The quantitative estimate of drug-likeness (QED) is 0.301. The van der Waals surface area contributed by atoms with Gasteiger partial charge in [-0.3, -0.25) is 14.9 Å². The fourth-order valence-electron chi connectivity index (χ4n) is 3.43. The second-order valence-corrected chi connectivity index (χ2v) is 6.99. The van der Waals surface area contributed by atoms with Gasteiger partial charge in [-0.05, 0) is 29.8 Å². The van der Waals surface area contributed by atoms with Gasteiger partial charge in [0.05, 0.1) is 31.8 Å². The molecule has 2 atom stereocenters. The number of methoxy groups -OCH3 is 3. The second kappa shape index (κ2) is 7.13. The van der Waals surface area contributed by atoms with Gasteiger partial charge in [0.2, 0.25) is 18.6 Å². The number of ether oxygens (including phenoxy) is 6. The van der Waals surface area contributed by atoms with E-state index in [0.717, 1.165) is 0 Å². The molecule has 0 saturated heterocycles. The maximum Gasteiger partial charge on any atom is 0.397 e. The summed E-state index contributed by atoms with van der Waals surface area (Å²) in [5.74, 6) is 0.501. The van der Waals surface area contributed by atoms with Gasteiger partial charge >= 0.3 is 5.00 Å². The summed E-state index contributed by atoms with van der Waals surface area (Å²) < 4.78 is 32.3. The standard InChI is InChI=1S/C19H16ClNO9/c1-25-14-4-9(5-15(26-2)16(14)27-3)18-19(20,21(23)24)17(22)10-6-12-13(29-8-28-12)7-11(10)30-18/h4-7,18H,8H2,1-3H3/t18-,19+/m1/s1. The van der Waals surface area contributed by atoms with E-state index in [1.54, 1.807) is 0 Å². The lowest BCUT2D eigenvalue weighted by atomic mass is 9.90. The van der Waals surface area contributed by atoms with Gasteiger partial charge in [-0.15, -0.1) is 0 Å². The van der Waals surface area contributed by atoms with E-state index in [1.165, 1.54) is 45.6 Å². The lowest BCUT2D eigenvalue weighted by Crippen LogP contribution is -2.51. The van der Waals surface area contributed by atoms with E-state index in [9.17, 15) is 14.9 Å². The highest BCUT2D eigenvalue weighted by Gasteiger charge is 2.62. The van der Waals surface area contributed by atoms with Crippen LogP contribution in [0.5, 0.6) is 34.5 Å². The van der Waals surface area contributed by atoms with Crippen molar-refractivity contribution in [2.45, 2.75) is 11.1 Å². The number of carbonyl (C=O) groups is 1. The van der Waals surface area contributed by atoms with Crippen LogP contribution in [-0.4, -0.2) is 43.8 Å². The lowest BCUT2D eigenvalue weighted by molar-refractivity contribution is -0.536. The van der Waals surface area contributed by atoms with Crippen LogP contribution in [0.4, 0.5) is 0 Å². The molecule has 30 heavy (non-hydrogen) atoms. The van der Waals surface area contributed by atoms with Crippen LogP contribution in [0, 0.1) is 10.1 Å². The first-order valence-electron chi connectivity index (χ1n) is 8.63. The number of fused-ring (bicyclic) bond motifs is 2. The maximum absolute atomic E-state index is 13.2. The Morgan fingerprint density at radius 3 is 2.17 bits per heavy atom. The molecule has 0 spiro atoms. The summed E-state index contributed by atoms with van der Waals surface area (Å²) >= 11 is 6.35. The zero-order chi connectivity index (χ0) is 21.6. The van der Waals surface area contributed by atoms with Crippen LogP contribution in [0.15, 0.2) is 24.3 Å². The summed E-state index contributed by atoms with van der Waals surface area (Å²) in [6.07, 6.45) is -1.50. The summed E-state index contributed by atoms with van der Waals surface area (Å²) in [5, 5.41) is 12.0. The minimum absolute atomic E-state index is 0.0377. The van der Waals surface area contributed by atoms with Gasteiger partial charge in [-0.2, -0.15) is 0 Å². The molecule has 0 N–H and O–H groups in total. The Bertz CT molecular complexity index is 1030. The van der Waals surface area contributed by atoms with Gasteiger partial charge in [-0.1, -0.05) is 0 Å². The predicted molar refractivity (Wildman–Crippen MR) is 102 cm³/mol. The normalized spacial score (nSPS) is 21.5. The van der Waals surface area contributed by atoms with Gasteiger partial charge in [0.25, 0.3) is 5.78 Å². The van der Waals surface area contributed by atoms with Crippen molar-refractivity contribution in [2.24, 2.45) is 0 Å². The number of hydrogen-bond donors (Lipinski definition) is 0. The smallest absolute Gasteiger partial charge is 0.397 e. The Balaban J connectivity index is 1.91. The number of benzene rings is 2. The van der Waals surface area contributed by atoms with E-state index in [1.807, 2.05) is 0 Å². The van der Waals surface area contributed by atoms with Crippen molar-refractivity contribution in [2.75, 3.05) is 28.1 Å². The van der Waals surface area contributed by atoms with Crippen LogP contribution < -0.4 is 28.4 Å². The van der Waals surface area contributed by atoms with Crippen LogP contribution in [0.1, 0.15) is 22.0 Å².